The van der Waals surface area contributed by atoms with E-state index in [1.165, 1.54) is 24.2 Å². The van der Waals surface area contributed by atoms with Crippen LogP contribution in [0.3, 0.4) is 0 Å². The number of aryl methyl sites for hydroxylation is 1. The molecule has 2 rings (SSSR count). The lowest BCUT2D eigenvalue weighted by Crippen LogP contribution is -2.45. The van der Waals surface area contributed by atoms with Crippen molar-refractivity contribution in [1.29, 1.82) is 0 Å². The second-order valence-electron chi connectivity index (χ2n) is 5.82. The van der Waals surface area contributed by atoms with Crippen LogP contribution in [0.2, 0.25) is 0 Å². The molecule has 1 aromatic carbocycles. The molecule has 0 spiro atoms. The van der Waals surface area contributed by atoms with Crippen molar-refractivity contribution < 1.29 is 0 Å². The van der Waals surface area contributed by atoms with Crippen LogP contribution in [0.15, 0.2) is 24.3 Å². The van der Waals surface area contributed by atoms with Gasteiger partial charge in [-0.05, 0) is 52.1 Å². The van der Waals surface area contributed by atoms with E-state index in [2.05, 4.69) is 60.3 Å². The molecule has 1 fully saturated rings. The third-order valence-electron chi connectivity index (χ3n) is 4.24. The zero-order valence-corrected chi connectivity index (χ0v) is 12.7. The SMILES string of the molecule is CNCC1CN(c2cccc(C)c2)C(C)CCN1C. The minimum atomic E-state index is 0.579. The van der Waals surface area contributed by atoms with E-state index in [-0.39, 0.29) is 0 Å². The minimum absolute atomic E-state index is 0.579. The Hall–Kier alpha value is -1.06. The van der Waals surface area contributed by atoms with Crippen molar-refractivity contribution in [2.24, 2.45) is 0 Å². The first-order valence-electron chi connectivity index (χ1n) is 7.30. The highest BCUT2D eigenvalue weighted by atomic mass is 15.3. The molecule has 106 valence electrons. The summed E-state index contributed by atoms with van der Waals surface area (Å²) in [7, 11) is 4.29. The van der Waals surface area contributed by atoms with Crippen molar-refractivity contribution in [3.8, 4) is 0 Å². The van der Waals surface area contributed by atoms with E-state index in [0.29, 0.717) is 12.1 Å². The smallest absolute Gasteiger partial charge is 0.0392 e. The van der Waals surface area contributed by atoms with Crippen LogP contribution in [0, 0.1) is 6.92 Å². The van der Waals surface area contributed by atoms with Gasteiger partial charge in [0.25, 0.3) is 0 Å². The van der Waals surface area contributed by atoms with Gasteiger partial charge in [-0.15, -0.1) is 0 Å². The number of anilines is 1. The predicted octanol–water partition coefficient (Wildman–Crippen LogP) is 2.11. The van der Waals surface area contributed by atoms with E-state index in [1.54, 1.807) is 0 Å². The molecular weight excluding hydrogens is 234 g/mol. The van der Waals surface area contributed by atoms with Crippen molar-refractivity contribution in [2.45, 2.75) is 32.4 Å². The summed E-state index contributed by atoms with van der Waals surface area (Å²) in [6.07, 6.45) is 1.23. The fourth-order valence-electron chi connectivity index (χ4n) is 2.90. The fraction of sp³-hybridized carbons (Fsp3) is 0.625. The lowest BCUT2D eigenvalue weighted by atomic mass is 10.1. The van der Waals surface area contributed by atoms with Gasteiger partial charge in [-0.1, -0.05) is 12.1 Å². The number of hydrogen-bond acceptors (Lipinski definition) is 3. The minimum Gasteiger partial charge on any atom is -0.367 e. The Morgan fingerprint density at radius 3 is 2.84 bits per heavy atom. The van der Waals surface area contributed by atoms with Crippen LogP contribution < -0.4 is 10.2 Å². The van der Waals surface area contributed by atoms with E-state index < -0.39 is 0 Å². The van der Waals surface area contributed by atoms with Crippen molar-refractivity contribution in [3.05, 3.63) is 29.8 Å². The van der Waals surface area contributed by atoms with Gasteiger partial charge in [-0.25, -0.2) is 0 Å². The van der Waals surface area contributed by atoms with Gasteiger partial charge in [-0.3, -0.25) is 0 Å². The number of rotatable bonds is 3. The Bertz CT molecular complexity index is 405. The van der Waals surface area contributed by atoms with E-state index >= 15 is 0 Å². The van der Waals surface area contributed by atoms with E-state index in [9.17, 15) is 0 Å². The van der Waals surface area contributed by atoms with Crippen LogP contribution in [-0.2, 0) is 0 Å². The molecular formula is C16H27N3. The molecule has 1 aliphatic rings. The molecule has 0 aliphatic carbocycles. The molecule has 2 atom stereocenters. The third-order valence-corrected chi connectivity index (χ3v) is 4.24. The first-order valence-corrected chi connectivity index (χ1v) is 7.30. The van der Waals surface area contributed by atoms with Crippen molar-refractivity contribution in [2.75, 3.05) is 38.6 Å². The van der Waals surface area contributed by atoms with E-state index in [0.717, 1.165) is 13.1 Å². The van der Waals surface area contributed by atoms with Gasteiger partial charge in [0.2, 0.25) is 0 Å². The molecule has 3 nitrogen and oxygen atoms in total. The van der Waals surface area contributed by atoms with Crippen LogP contribution in [0.25, 0.3) is 0 Å². The molecule has 0 radical (unpaired) electrons. The monoisotopic (exact) mass is 261 g/mol. The van der Waals surface area contributed by atoms with Crippen LogP contribution in [0.5, 0.6) is 0 Å². The topological polar surface area (TPSA) is 18.5 Å². The number of benzene rings is 1. The maximum absolute atomic E-state index is 3.33. The summed E-state index contributed by atoms with van der Waals surface area (Å²) in [5.41, 5.74) is 2.70. The summed E-state index contributed by atoms with van der Waals surface area (Å²) in [5, 5.41) is 3.33. The Morgan fingerprint density at radius 1 is 1.37 bits per heavy atom. The number of nitrogens with zero attached hydrogens (tertiary/aromatic N) is 2. The second-order valence-corrected chi connectivity index (χ2v) is 5.82. The Morgan fingerprint density at radius 2 is 2.16 bits per heavy atom. The molecule has 2 unspecified atom stereocenters. The molecule has 1 aliphatic heterocycles. The number of likely N-dealkylation sites (N-methyl/N-ethyl adjacent to an activating group) is 2. The molecule has 0 bridgehead atoms. The van der Waals surface area contributed by atoms with Crippen LogP contribution in [-0.4, -0.2) is 50.7 Å². The van der Waals surface area contributed by atoms with E-state index in [4.69, 9.17) is 0 Å². The van der Waals surface area contributed by atoms with Gasteiger partial charge in [0.15, 0.2) is 0 Å². The molecule has 0 aromatic heterocycles. The zero-order valence-electron chi connectivity index (χ0n) is 12.7. The largest absolute Gasteiger partial charge is 0.367 e. The molecule has 1 heterocycles. The molecule has 1 saturated heterocycles. The second kappa shape index (κ2) is 6.40. The van der Waals surface area contributed by atoms with Gasteiger partial charge in [0.05, 0.1) is 0 Å². The summed E-state index contributed by atoms with van der Waals surface area (Å²) in [5.74, 6) is 0. The average Bonchev–Trinajstić information content (AvgIpc) is 2.52. The van der Waals surface area contributed by atoms with Crippen LogP contribution >= 0.6 is 0 Å². The highest BCUT2D eigenvalue weighted by Gasteiger charge is 2.26. The van der Waals surface area contributed by atoms with Gasteiger partial charge in [-0.2, -0.15) is 0 Å². The summed E-state index contributed by atoms with van der Waals surface area (Å²) < 4.78 is 0. The Kier molecular flexibility index (Phi) is 4.83. The highest BCUT2D eigenvalue weighted by Crippen LogP contribution is 2.23. The summed E-state index contributed by atoms with van der Waals surface area (Å²) in [4.78, 5) is 5.06. The molecule has 1 N–H and O–H groups in total. The standard InChI is InChI=1S/C16H27N3/c1-13-6-5-7-15(10-13)19-12-16(11-17-3)18(4)9-8-14(19)2/h5-7,10,14,16-17H,8-9,11-12H2,1-4H3. The number of hydrogen-bond donors (Lipinski definition) is 1. The van der Waals surface area contributed by atoms with Crippen molar-refractivity contribution >= 4 is 5.69 Å². The molecule has 0 amide bonds. The molecule has 1 aromatic rings. The van der Waals surface area contributed by atoms with Crippen LogP contribution in [0.1, 0.15) is 18.9 Å². The van der Waals surface area contributed by atoms with Gasteiger partial charge in [0.1, 0.15) is 0 Å². The number of nitrogens with one attached hydrogen (secondary N) is 1. The summed E-state index contributed by atoms with van der Waals surface area (Å²) >= 11 is 0. The van der Waals surface area contributed by atoms with Crippen LogP contribution in [0.4, 0.5) is 5.69 Å². The first-order chi connectivity index (χ1) is 9.11. The molecule has 19 heavy (non-hydrogen) atoms. The average molecular weight is 261 g/mol. The molecule has 0 saturated carbocycles. The predicted molar refractivity (Wildman–Crippen MR) is 82.9 cm³/mol. The highest BCUT2D eigenvalue weighted by molar-refractivity contribution is 5.49. The molecule has 3 heteroatoms. The van der Waals surface area contributed by atoms with Crippen molar-refractivity contribution in [3.63, 3.8) is 0 Å². The van der Waals surface area contributed by atoms with Gasteiger partial charge < -0.3 is 15.1 Å². The van der Waals surface area contributed by atoms with E-state index in [1.807, 2.05) is 7.05 Å². The Labute approximate surface area is 117 Å². The quantitative estimate of drug-likeness (QED) is 0.899. The first kappa shape index (κ1) is 14.4. The summed E-state index contributed by atoms with van der Waals surface area (Å²) in [6, 6.07) is 10.1. The zero-order chi connectivity index (χ0) is 13.8. The van der Waals surface area contributed by atoms with Crippen molar-refractivity contribution in [1.82, 2.24) is 10.2 Å². The summed E-state index contributed by atoms with van der Waals surface area (Å²) in [6.45, 7) is 7.84. The normalized spacial score (nSPS) is 25.4. The third kappa shape index (κ3) is 3.48. The lowest BCUT2D eigenvalue weighted by molar-refractivity contribution is 0.256. The maximum Gasteiger partial charge on any atom is 0.0392 e. The maximum atomic E-state index is 3.33. The van der Waals surface area contributed by atoms with Gasteiger partial charge in [0, 0.05) is 37.4 Å². The Balaban J connectivity index is 2.21. The fourth-order valence-corrected chi connectivity index (χ4v) is 2.90. The van der Waals surface area contributed by atoms with Gasteiger partial charge >= 0.3 is 0 Å². The lowest BCUT2D eigenvalue weighted by Gasteiger charge is -2.33.